The van der Waals surface area contributed by atoms with Gasteiger partial charge in [-0.2, -0.15) is 0 Å². The lowest BCUT2D eigenvalue weighted by molar-refractivity contribution is -0.132. The Labute approximate surface area is 153 Å². The largest absolute Gasteiger partial charge is 0.339 e. The highest BCUT2D eigenvalue weighted by Crippen LogP contribution is 2.26. The molecule has 1 aliphatic rings. The molecule has 138 valence electrons. The number of para-hydroxylation sites is 1. The van der Waals surface area contributed by atoms with Crippen molar-refractivity contribution in [2.45, 2.75) is 32.7 Å². The van der Waals surface area contributed by atoms with Crippen LogP contribution in [0.5, 0.6) is 0 Å². The van der Waals surface area contributed by atoms with Crippen molar-refractivity contribution in [3.63, 3.8) is 0 Å². The number of nitrogens with zero attached hydrogens (tertiary/aromatic N) is 2. The molecule has 0 N–H and O–H groups in total. The summed E-state index contributed by atoms with van der Waals surface area (Å²) in [5.74, 6) is -0.205. The highest BCUT2D eigenvalue weighted by Gasteiger charge is 2.33. The van der Waals surface area contributed by atoms with Gasteiger partial charge >= 0.3 is 0 Å². The molecule has 1 unspecified atom stereocenters. The van der Waals surface area contributed by atoms with Crippen LogP contribution < -0.4 is 4.90 Å². The molecule has 25 heavy (non-hydrogen) atoms. The molecule has 1 heterocycles. The van der Waals surface area contributed by atoms with Crippen molar-refractivity contribution < 1.29 is 18.0 Å². The molecule has 0 radical (unpaired) electrons. The van der Waals surface area contributed by atoms with E-state index in [-0.39, 0.29) is 42.3 Å². The number of amides is 2. The fraction of sp³-hybridized carbons (Fsp3) is 0.529. The van der Waals surface area contributed by atoms with Gasteiger partial charge in [0, 0.05) is 32.5 Å². The van der Waals surface area contributed by atoms with E-state index in [1.807, 2.05) is 6.92 Å². The van der Waals surface area contributed by atoms with E-state index in [0.29, 0.717) is 23.7 Å². The Hall–Kier alpha value is -1.60. The third-order valence-electron chi connectivity index (χ3n) is 4.38. The van der Waals surface area contributed by atoms with E-state index >= 15 is 0 Å². The van der Waals surface area contributed by atoms with Crippen molar-refractivity contribution in [2.75, 3.05) is 29.5 Å². The summed E-state index contributed by atoms with van der Waals surface area (Å²) in [4.78, 5) is 27.6. The van der Waals surface area contributed by atoms with Crippen molar-refractivity contribution in [1.82, 2.24) is 4.90 Å². The van der Waals surface area contributed by atoms with E-state index < -0.39 is 9.84 Å². The predicted octanol–water partition coefficient (Wildman–Crippen LogP) is 2.12. The minimum absolute atomic E-state index is 0.0213. The second kappa shape index (κ2) is 8.19. The van der Waals surface area contributed by atoms with E-state index in [9.17, 15) is 18.0 Å². The average Bonchev–Trinajstić information content (AvgIpc) is 2.89. The van der Waals surface area contributed by atoms with Gasteiger partial charge in [0.25, 0.3) is 0 Å². The van der Waals surface area contributed by atoms with Crippen molar-refractivity contribution in [2.24, 2.45) is 0 Å². The Morgan fingerprint density at radius 2 is 1.96 bits per heavy atom. The average molecular weight is 387 g/mol. The number of halogens is 1. The molecular weight excluding hydrogens is 364 g/mol. The van der Waals surface area contributed by atoms with Crippen LogP contribution in [-0.4, -0.2) is 55.8 Å². The summed E-state index contributed by atoms with van der Waals surface area (Å²) in [6.07, 6.45) is 0.595. The van der Waals surface area contributed by atoms with Crippen LogP contribution in [-0.2, 0) is 19.4 Å². The first-order valence-corrected chi connectivity index (χ1v) is 10.5. The monoisotopic (exact) mass is 386 g/mol. The summed E-state index contributed by atoms with van der Waals surface area (Å²) in [5, 5.41) is 0.444. The number of rotatable bonds is 6. The molecule has 0 saturated carbocycles. The van der Waals surface area contributed by atoms with Crippen LogP contribution in [0.4, 0.5) is 5.69 Å². The number of hydrogen-bond donors (Lipinski definition) is 0. The van der Waals surface area contributed by atoms with Crippen molar-refractivity contribution in [1.29, 1.82) is 0 Å². The van der Waals surface area contributed by atoms with Crippen molar-refractivity contribution in [3.8, 4) is 0 Å². The first-order chi connectivity index (χ1) is 11.7. The molecular formula is C17H23ClN2O4S. The molecule has 1 fully saturated rings. The molecule has 1 aromatic carbocycles. The van der Waals surface area contributed by atoms with Crippen LogP contribution >= 0.6 is 11.6 Å². The third-order valence-corrected chi connectivity index (χ3v) is 6.45. The van der Waals surface area contributed by atoms with Crippen LogP contribution in [0.2, 0.25) is 5.02 Å². The number of benzene rings is 1. The number of anilines is 1. The van der Waals surface area contributed by atoms with Crippen molar-refractivity contribution >= 4 is 38.9 Å². The van der Waals surface area contributed by atoms with Gasteiger partial charge in [-0.05, 0) is 25.5 Å². The van der Waals surface area contributed by atoms with Gasteiger partial charge in [0.15, 0.2) is 9.84 Å². The molecule has 2 rings (SSSR count). The van der Waals surface area contributed by atoms with E-state index in [0.717, 1.165) is 0 Å². The lowest BCUT2D eigenvalue weighted by atomic mass is 10.2. The number of carbonyl (C=O) groups excluding carboxylic acids is 2. The fourth-order valence-electron chi connectivity index (χ4n) is 3.13. The highest BCUT2D eigenvalue weighted by molar-refractivity contribution is 7.91. The normalized spacial score (nSPS) is 18.8. The second-order valence-corrected chi connectivity index (χ2v) is 8.74. The van der Waals surface area contributed by atoms with Crippen molar-refractivity contribution in [3.05, 3.63) is 29.3 Å². The van der Waals surface area contributed by atoms with Crippen LogP contribution in [0.25, 0.3) is 0 Å². The molecule has 8 heteroatoms. The number of carbonyl (C=O) groups is 2. The first kappa shape index (κ1) is 19.7. The zero-order chi connectivity index (χ0) is 18.6. The number of hydrogen-bond acceptors (Lipinski definition) is 4. The molecule has 1 saturated heterocycles. The lowest BCUT2D eigenvalue weighted by Crippen LogP contribution is -2.42. The van der Waals surface area contributed by atoms with Crippen LogP contribution in [0.3, 0.4) is 0 Å². The Kier molecular flexibility index (Phi) is 6.46. The summed E-state index contributed by atoms with van der Waals surface area (Å²) in [6, 6.07) is 6.70. The van der Waals surface area contributed by atoms with E-state index in [1.54, 1.807) is 29.2 Å². The molecule has 1 aromatic rings. The van der Waals surface area contributed by atoms with Gasteiger partial charge in [-0.15, -0.1) is 0 Å². The Morgan fingerprint density at radius 1 is 1.28 bits per heavy atom. The molecule has 0 bridgehead atoms. The first-order valence-electron chi connectivity index (χ1n) is 8.27. The summed E-state index contributed by atoms with van der Waals surface area (Å²) < 4.78 is 23.3. The maximum Gasteiger partial charge on any atom is 0.224 e. The summed E-state index contributed by atoms with van der Waals surface area (Å²) >= 11 is 6.15. The maximum atomic E-state index is 12.6. The van der Waals surface area contributed by atoms with Crippen LogP contribution in [0.1, 0.15) is 26.7 Å². The SMILES string of the molecule is CCN(C(=O)CCN(C(C)=O)c1ccccc1Cl)C1CCS(=O)(=O)C1. The number of sulfone groups is 1. The van der Waals surface area contributed by atoms with Gasteiger partial charge in [0.05, 0.1) is 22.2 Å². The molecule has 0 spiro atoms. The summed E-state index contributed by atoms with van der Waals surface area (Å²) in [5.41, 5.74) is 0.566. The quantitative estimate of drug-likeness (QED) is 0.750. The lowest BCUT2D eigenvalue weighted by Gasteiger charge is -2.28. The van der Waals surface area contributed by atoms with E-state index in [1.165, 1.54) is 11.8 Å². The smallest absolute Gasteiger partial charge is 0.224 e. The molecule has 1 aliphatic heterocycles. The van der Waals surface area contributed by atoms with E-state index in [4.69, 9.17) is 11.6 Å². The highest BCUT2D eigenvalue weighted by atomic mass is 35.5. The zero-order valence-corrected chi connectivity index (χ0v) is 16.0. The minimum Gasteiger partial charge on any atom is -0.339 e. The van der Waals surface area contributed by atoms with Gasteiger partial charge in [-0.25, -0.2) is 8.42 Å². The standard InChI is InChI=1S/C17H23ClN2O4S/c1-3-19(14-9-11-25(23,24)12-14)17(22)8-10-20(13(2)21)16-7-5-4-6-15(16)18/h4-7,14H,3,8-12H2,1-2H3. The van der Waals surface area contributed by atoms with Crippen LogP contribution in [0, 0.1) is 0 Å². The molecule has 0 aliphatic carbocycles. The molecule has 0 aromatic heterocycles. The Bertz CT molecular complexity index is 751. The van der Waals surface area contributed by atoms with Gasteiger partial charge in [0.2, 0.25) is 11.8 Å². The maximum absolute atomic E-state index is 12.6. The minimum atomic E-state index is -3.05. The fourth-order valence-corrected chi connectivity index (χ4v) is 5.10. The second-order valence-electron chi connectivity index (χ2n) is 6.11. The van der Waals surface area contributed by atoms with Gasteiger partial charge < -0.3 is 9.80 Å². The molecule has 2 amide bonds. The summed E-state index contributed by atoms with van der Waals surface area (Å²) in [7, 11) is -3.05. The van der Waals surface area contributed by atoms with Gasteiger partial charge in [0.1, 0.15) is 0 Å². The Balaban J connectivity index is 2.05. The van der Waals surface area contributed by atoms with Gasteiger partial charge in [-0.1, -0.05) is 23.7 Å². The van der Waals surface area contributed by atoms with E-state index in [2.05, 4.69) is 0 Å². The third kappa shape index (κ3) is 4.95. The molecule has 1 atom stereocenters. The van der Waals surface area contributed by atoms with Gasteiger partial charge in [-0.3, -0.25) is 9.59 Å². The molecule has 6 nitrogen and oxygen atoms in total. The van der Waals surface area contributed by atoms with Crippen LogP contribution in [0.15, 0.2) is 24.3 Å². The zero-order valence-electron chi connectivity index (χ0n) is 14.4. The summed E-state index contributed by atoms with van der Waals surface area (Å²) in [6.45, 7) is 3.91. The predicted molar refractivity (Wildman–Crippen MR) is 98.5 cm³/mol. The topological polar surface area (TPSA) is 74.8 Å². The Morgan fingerprint density at radius 3 is 2.48 bits per heavy atom.